The monoisotopic (exact) mass is 601 g/mol. The average molecular weight is 603 g/mol. The molecule has 3 N–H and O–H groups in total. The van der Waals surface area contributed by atoms with Crippen molar-refractivity contribution >= 4 is 49.3 Å². The number of nitrogens with zero attached hydrogens (tertiary/aromatic N) is 2. The second-order valence-electron chi connectivity index (χ2n) is 7.56. The quantitative estimate of drug-likeness (QED) is 0.214. The first-order chi connectivity index (χ1) is 16.5. The normalized spacial score (nSPS) is 14.1. The number of thioether (sulfide) groups is 1. The number of H-pyrrole nitrogens is 1. The molecule has 0 bridgehead atoms. The molecule has 3 aromatic carbocycles. The molecule has 0 unspecified atom stereocenters. The van der Waals surface area contributed by atoms with Crippen molar-refractivity contribution in [2.45, 2.75) is 17.1 Å². The zero-order valence-electron chi connectivity index (χ0n) is 17.9. The summed E-state index contributed by atoms with van der Waals surface area (Å²) in [6, 6.07) is 19.3. The van der Waals surface area contributed by atoms with Crippen molar-refractivity contribution in [3.05, 3.63) is 91.1 Å². The minimum absolute atomic E-state index is 0.0162. The lowest BCUT2D eigenvalue weighted by molar-refractivity contribution is -0.759. The molecule has 0 radical (unpaired) electrons. The van der Waals surface area contributed by atoms with Crippen LogP contribution in [0.1, 0.15) is 17.3 Å². The van der Waals surface area contributed by atoms with Crippen LogP contribution < -0.4 is 20.3 Å². The summed E-state index contributed by atoms with van der Waals surface area (Å²) >= 11 is 8.47. The van der Waals surface area contributed by atoms with Crippen molar-refractivity contribution in [2.24, 2.45) is 0 Å². The van der Waals surface area contributed by atoms with E-state index >= 15 is 0 Å². The highest BCUT2D eigenvalue weighted by molar-refractivity contribution is 9.13. The second-order valence-corrected chi connectivity index (χ2v) is 10.1. The fourth-order valence-electron chi connectivity index (χ4n) is 3.86. The minimum atomic E-state index is -0.538. The molecule has 0 aliphatic carbocycles. The fourth-order valence-corrected chi connectivity index (χ4v) is 5.61. The number of nitrogens with one attached hydrogen (secondary N) is 2. The molecular weight excluding hydrogens is 584 g/mol. The van der Waals surface area contributed by atoms with Crippen LogP contribution in [0.15, 0.2) is 79.6 Å². The lowest BCUT2D eigenvalue weighted by atomic mass is 10.0. The molecular formula is C24H19Br2N4O3S+. The average Bonchev–Trinajstić information content (AvgIpc) is 2.86. The summed E-state index contributed by atoms with van der Waals surface area (Å²) in [5.41, 5.74) is 3.64. The number of benzene rings is 3. The predicted octanol–water partition coefficient (Wildman–Crippen LogP) is 5.23. The van der Waals surface area contributed by atoms with Gasteiger partial charge in [0.15, 0.2) is 11.5 Å². The van der Waals surface area contributed by atoms with E-state index in [1.54, 1.807) is 10.7 Å². The van der Waals surface area contributed by atoms with Gasteiger partial charge >= 0.3 is 11.3 Å². The lowest BCUT2D eigenvalue weighted by Crippen LogP contribution is -2.55. The van der Waals surface area contributed by atoms with Crippen LogP contribution >= 0.6 is 43.6 Å². The largest absolute Gasteiger partial charge is 0.503 e. The lowest BCUT2D eigenvalue weighted by Gasteiger charge is -2.24. The summed E-state index contributed by atoms with van der Waals surface area (Å²) in [7, 11) is 1.49. The minimum Gasteiger partial charge on any atom is -0.503 e. The molecule has 2 heterocycles. The van der Waals surface area contributed by atoms with Gasteiger partial charge in [-0.15, -0.1) is 0 Å². The van der Waals surface area contributed by atoms with Crippen LogP contribution in [0.25, 0.3) is 11.3 Å². The number of anilines is 1. The number of fused-ring (bicyclic) bond motifs is 3. The van der Waals surface area contributed by atoms with Crippen molar-refractivity contribution in [3.8, 4) is 22.8 Å². The second kappa shape index (κ2) is 9.44. The molecule has 0 amide bonds. The third-order valence-corrected chi connectivity index (χ3v) is 8.58. The maximum atomic E-state index is 13.3. The van der Waals surface area contributed by atoms with Gasteiger partial charge in [-0.2, -0.15) is 0 Å². The van der Waals surface area contributed by atoms with Gasteiger partial charge in [0, 0.05) is 15.3 Å². The number of methoxy groups -OCH3 is 1. The van der Waals surface area contributed by atoms with Gasteiger partial charge < -0.3 is 15.2 Å². The molecule has 4 aromatic rings. The molecule has 1 aromatic heterocycles. The van der Waals surface area contributed by atoms with Crippen LogP contribution in [0.5, 0.6) is 11.5 Å². The Hall–Kier alpha value is -2.82. The highest BCUT2D eigenvalue weighted by Crippen LogP contribution is 2.44. The van der Waals surface area contributed by atoms with Crippen LogP contribution in [0.2, 0.25) is 0 Å². The zero-order chi connectivity index (χ0) is 23.8. The highest BCUT2D eigenvalue weighted by Gasteiger charge is 2.39. The van der Waals surface area contributed by atoms with Gasteiger partial charge in [-0.3, -0.25) is 9.78 Å². The summed E-state index contributed by atoms with van der Waals surface area (Å²) in [6.45, 7) is 0. The number of hydrogen-bond donors (Lipinski definition) is 3. The Morgan fingerprint density at radius 1 is 1.12 bits per heavy atom. The summed E-state index contributed by atoms with van der Waals surface area (Å²) in [4.78, 5) is 16.3. The van der Waals surface area contributed by atoms with Gasteiger partial charge in [-0.05, 0) is 60.3 Å². The fraction of sp³-hybridized carbons (Fsp3) is 0.125. The molecule has 1 aliphatic rings. The first-order valence-electron chi connectivity index (χ1n) is 10.3. The van der Waals surface area contributed by atoms with Crippen molar-refractivity contribution in [1.29, 1.82) is 0 Å². The van der Waals surface area contributed by atoms with Gasteiger partial charge in [0.25, 0.3) is 6.17 Å². The number of ether oxygens (including phenoxy) is 1. The summed E-state index contributed by atoms with van der Waals surface area (Å²) in [5.74, 6) is 0.953. The molecule has 34 heavy (non-hydrogen) atoms. The molecule has 0 saturated heterocycles. The number of rotatable bonds is 5. The van der Waals surface area contributed by atoms with E-state index in [1.807, 2.05) is 54.6 Å². The number of aromatic amines is 1. The number of aromatic nitrogens is 3. The Morgan fingerprint density at radius 2 is 1.85 bits per heavy atom. The molecule has 7 nitrogen and oxygen atoms in total. The molecule has 0 spiro atoms. The summed E-state index contributed by atoms with van der Waals surface area (Å²) in [6.07, 6.45) is -0.538. The number of aromatic hydroxyl groups is 1. The van der Waals surface area contributed by atoms with Gasteiger partial charge in [0.1, 0.15) is 0 Å². The molecule has 0 fully saturated rings. The Labute approximate surface area is 216 Å². The topological polar surface area (TPSA) is 91.1 Å². The maximum Gasteiger partial charge on any atom is 0.325 e. The van der Waals surface area contributed by atoms with E-state index in [0.717, 1.165) is 22.4 Å². The van der Waals surface area contributed by atoms with Gasteiger partial charge in [-0.25, -0.2) is 0 Å². The van der Waals surface area contributed by atoms with E-state index in [0.29, 0.717) is 31.3 Å². The first-order valence-corrected chi connectivity index (χ1v) is 12.9. The number of para-hydroxylation sites is 1. The van der Waals surface area contributed by atoms with Crippen LogP contribution in [-0.2, 0) is 5.75 Å². The van der Waals surface area contributed by atoms with Crippen molar-refractivity contribution < 1.29 is 14.5 Å². The zero-order valence-corrected chi connectivity index (χ0v) is 21.9. The van der Waals surface area contributed by atoms with Crippen molar-refractivity contribution in [2.75, 3.05) is 12.4 Å². The van der Waals surface area contributed by atoms with Gasteiger partial charge in [0.05, 0.1) is 28.4 Å². The highest BCUT2D eigenvalue weighted by atomic mass is 79.9. The number of phenolic OH excluding ortho intramolecular Hbond substituents is 1. The molecule has 10 heteroatoms. The van der Waals surface area contributed by atoms with Crippen LogP contribution in [0.3, 0.4) is 0 Å². The van der Waals surface area contributed by atoms with E-state index in [1.165, 1.54) is 18.9 Å². The summed E-state index contributed by atoms with van der Waals surface area (Å²) < 4.78 is 8.15. The molecule has 0 saturated carbocycles. The van der Waals surface area contributed by atoms with Crippen LogP contribution in [-0.4, -0.2) is 22.3 Å². The van der Waals surface area contributed by atoms with Crippen molar-refractivity contribution in [1.82, 2.24) is 10.1 Å². The first kappa shape index (κ1) is 22.9. The third-order valence-electron chi connectivity index (χ3n) is 5.49. The van der Waals surface area contributed by atoms with Crippen LogP contribution in [0, 0.1) is 0 Å². The van der Waals surface area contributed by atoms with E-state index in [9.17, 15) is 9.90 Å². The Balaban J connectivity index is 1.66. The summed E-state index contributed by atoms with van der Waals surface area (Å²) in [5, 5.41) is 19.2. The van der Waals surface area contributed by atoms with E-state index in [-0.39, 0.29) is 11.3 Å². The van der Waals surface area contributed by atoms with Gasteiger partial charge in [0.2, 0.25) is 5.16 Å². The third kappa shape index (κ3) is 4.10. The van der Waals surface area contributed by atoms with Gasteiger partial charge in [-0.1, -0.05) is 54.2 Å². The Kier molecular flexibility index (Phi) is 6.37. The Morgan fingerprint density at radius 3 is 2.62 bits per heavy atom. The predicted molar refractivity (Wildman–Crippen MR) is 138 cm³/mol. The van der Waals surface area contributed by atoms with E-state index < -0.39 is 6.17 Å². The number of hydrogen-bond acceptors (Lipinski definition) is 6. The molecule has 1 aliphatic heterocycles. The van der Waals surface area contributed by atoms with E-state index in [4.69, 9.17) is 9.84 Å². The standard InChI is InChI=1S/C24H18Br2N4O3S/c1-33-17-11-15(18(25)19(26)21(17)31)22-27-16-10-6-5-9-14(16)20-23(32)28-24(29-30(20)22)34-12-13-7-3-2-4-8-13/h2-11,22H,12H2,1H3,(H2,28,29,31,32)/p+1/t22-/m1/s1. The van der Waals surface area contributed by atoms with Crippen LogP contribution in [0.4, 0.5) is 5.69 Å². The smallest absolute Gasteiger partial charge is 0.325 e. The molecule has 5 rings (SSSR count). The molecule has 172 valence electrons. The number of phenols is 1. The maximum absolute atomic E-state index is 13.3. The SMILES string of the molecule is COc1cc([C@@H]2Nc3ccccc3-c3c(=O)[nH]c(SCc4ccccc4)n[n+]32)c(Br)c(Br)c1O. The number of halogens is 2. The van der Waals surface area contributed by atoms with Crippen molar-refractivity contribution in [3.63, 3.8) is 0 Å². The Bertz CT molecular complexity index is 1450. The van der Waals surface area contributed by atoms with E-state index in [2.05, 4.69) is 42.2 Å². The molecule has 1 atom stereocenters.